The normalized spacial score (nSPS) is 15.8. The van der Waals surface area contributed by atoms with Crippen molar-refractivity contribution >= 4 is 34.6 Å². The van der Waals surface area contributed by atoms with Gasteiger partial charge in [-0.1, -0.05) is 25.1 Å². The first-order chi connectivity index (χ1) is 14.1. The topological polar surface area (TPSA) is 62.8 Å². The van der Waals surface area contributed by atoms with Crippen LogP contribution in [-0.4, -0.2) is 35.8 Å². The van der Waals surface area contributed by atoms with Gasteiger partial charge >= 0.3 is 0 Å². The van der Waals surface area contributed by atoms with Crippen LogP contribution in [0.4, 0.5) is 11.4 Å². The number of hydrogen-bond acceptors (Lipinski definition) is 4. The Balaban J connectivity index is 1.29. The van der Waals surface area contributed by atoms with Gasteiger partial charge in [-0.15, -0.1) is 0 Å². The lowest BCUT2D eigenvalue weighted by atomic mass is 9.96. The molecular weight excluding hydrogens is 386 g/mol. The molecule has 2 aliphatic rings. The summed E-state index contributed by atoms with van der Waals surface area (Å²) >= 11 is 5.61. The Kier molecular flexibility index (Phi) is 5.85. The number of rotatable bonds is 4. The van der Waals surface area contributed by atoms with E-state index in [4.69, 9.17) is 21.7 Å². The molecule has 0 unspecified atom stereocenters. The number of thiocarbonyl (C=S) groups is 1. The predicted molar refractivity (Wildman–Crippen MR) is 118 cm³/mol. The number of anilines is 2. The summed E-state index contributed by atoms with van der Waals surface area (Å²) in [6, 6.07) is 13.7. The second kappa shape index (κ2) is 8.69. The fraction of sp³-hybridized carbons (Fsp3) is 0.364. The Morgan fingerprint density at radius 3 is 2.66 bits per heavy atom. The maximum Gasteiger partial charge on any atom is 0.231 e. The van der Waals surface area contributed by atoms with Gasteiger partial charge < -0.3 is 25.0 Å². The fourth-order valence-electron chi connectivity index (χ4n) is 3.71. The van der Waals surface area contributed by atoms with Crippen LogP contribution in [-0.2, 0) is 11.2 Å². The number of aryl methyl sites for hydroxylation is 1. The van der Waals surface area contributed by atoms with Gasteiger partial charge in [-0.05, 0) is 55.2 Å². The maximum absolute atomic E-state index is 12.7. The van der Waals surface area contributed by atoms with Crippen molar-refractivity contribution in [3.63, 3.8) is 0 Å². The summed E-state index contributed by atoms with van der Waals surface area (Å²) in [6.07, 6.45) is 2.50. The van der Waals surface area contributed by atoms with Gasteiger partial charge in [-0.25, -0.2) is 0 Å². The van der Waals surface area contributed by atoms with Crippen LogP contribution in [0.5, 0.6) is 11.5 Å². The van der Waals surface area contributed by atoms with Gasteiger partial charge in [-0.2, -0.15) is 0 Å². The minimum absolute atomic E-state index is 0.0256. The molecular formula is C22H25N3O3S. The zero-order chi connectivity index (χ0) is 20.2. The first-order valence-corrected chi connectivity index (χ1v) is 10.4. The van der Waals surface area contributed by atoms with Gasteiger partial charge in [0.25, 0.3) is 0 Å². The lowest BCUT2D eigenvalue weighted by Crippen LogP contribution is -2.43. The molecule has 2 N–H and O–H groups in total. The summed E-state index contributed by atoms with van der Waals surface area (Å²) in [5.41, 5.74) is 3.03. The number of carbonyl (C=O) groups excluding carboxylic acids is 1. The smallest absolute Gasteiger partial charge is 0.231 e. The van der Waals surface area contributed by atoms with Crippen LogP contribution in [0, 0.1) is 5.92 Å². The third-order valence-corrected chi connectivity index (χ3v) is 5.79. The number of carbonyl (C=O) groups is 1. The Hall–Kier alpha value is -2.80. The van der Waals surface area contributed by atoms with E-state index in [0.717, 1.165) is 48.8 Å². The molecule has 2 aromatic carbocycles. The number of likely N-dealkylation sites (tertiary alicyclic amines) is 1. The van der Waals surface area contributed by atoms with Crippen molar-refractivity contribution in [2.24, 2.45) is 5.92 Å². The highest BCUT2D eigenvalue weighted by molar-refractivity contribution is 7.80. The number of ether oxygens (including phenoxy) is 2. The van der Waals surface area contributed by atoms with Gasteiger partial charge in [-0.3, -0.25) is 4.79 Å². The maximum atomic E-state index is 12.7. The quantitative estimate of drug-likeness (QED) is 0.741. The molecule has 1 amide bonds. The molecule has 2 heterocycles. The lowest BCUT2D eigenvalue weighted by Gasteiger charge is -2.33. The third-order valence-electron chi connectivity index (χ3n) is 5.43. The van der Waals surface area contributed by atoms with Gasteiger partial charge in [0.2, 0.25) is 12.7 Å². The van der Waals surface area contributed by atoms with Crippen LogP contribution < -0.4 is 20.1 Å². The van der Waals surface area contributed by atoms with E-state index in [-0.39, 0.29) is 18.6 Å². The summed E-state index contributed by atoms with van der Waals surface area (Å²) in [6.45, 7) is 3.88. The van der Waals surface area contributed by atoms with Gasteiger partial charge in [0, 0.05) is 36.4 Å². The Morgan fingerprint density at radius 2 is 1.86 bits per heavy atom. The average molecular weight is 412 g/mol. The number of amides is 1. The third kappa shape index (κ3) is 4.45. The van der Waals surface area contributed by atoms with Crippen LogP contribution in [0.25, 0.3) is 0 Å². The molecule has 0 aromatic heterocycles. The van der Waals surface area contributed by atoms with Crippen molar-refractivity contribution in [3.8, 4) is 11.5 Å². The number of benzene rings is 2. The predicted octanol–water partition coefficient (Wildman–Crippen LogP) is 4.03. The molecule has 2 aromatic rings. The standard InChI is InChI=1S/C22H25N3O3S/c1-2-15-5-3-4-6-18(15)24-22(29)25-11-9-16(10-12-25)21(26)23-17-7-8-19-20(13-17)28-14-27-19/h3-8,13,16H,2,9-12,14H2,1H3,(H,23,26)(H,24,29). The number of piperidine rings is 1. The zero-order valence-electron chi connectivity index (χ0n) is 16.4. The summed E-state index contributed by atoms with van der Waals surface area (Å²) < 4.78 is 10.7. The van der Waals surface area contributed by atoms with Crippen LogP contribution in [0.3, 0.4) is 0 Å². The second-order valence-corrected chi connectivity index (χ2v) is 7.65. The monoisotopic (exact) mass is 411 g/mol. The van der Waals surface area contributed by atoms with E-state index >= 15 is 0 Å². The molecule has 0 saturated carbocycles. The van der Waals surface area contributed by atoms with Crippen molar-refractivity contribution in [3.05, 3.63) is 48.0 Å². The highest BCUT2D eigenvalue weighted by atomic mass is 32.1. The van der Waals surface area contributed by atoms with E-state index in [1.807, 2.05) is 24.3 Å². The van der Waals surface area contributed by atoms with E-state index < -0.39 is 0 Å². The minimum atomic E-state index is -0.0256. The van der Waals surface area contributed by atoms with E-state index in [1.165, 1.54) is 5.56 Å². The summed E-state index contributed by atoms with van der Waals surface area (Å²) in [4.78, 5) is 14.8. The molecule has 2 aliphatic heterocycles. The Morgan fingerprint density at radius 1 is 1.10 bits per heavy atom. The largest absolute Gasteiger partial charge is 0.454 e. The molecule has 4 rings (SSSR count). The molecule has 6 nitrogen and oxygen atoms in total. The average Bonchev–Trinajstić information content (AvgIpc) is 3.22. The van der Waals surface area contributed by atoms with Crippen LogP contribution in [0.15, 0.2) is 42.5 Å². The van der Waals surface area contributed by atoms with Crippen molar-refractivity contribution < 1.29 is 14.3 Å². The van der Waals surface area contributed by atoms with E-state index in [1.54, 1.807) is 6.07 Å². The molecule has 0 spiro atoms. The molecule has 0 aliphatic carbocycles. The zero-order valence-corrected chi connectivity index (χ0v) is 17.3. The SMILES string of the molecule is CCc1ccccc1NC(=S)N1CCC(C(=O)Nc2ccc3c(c2)OCO3)CC1. The van der Waals surface area contributed by atoms with E-state index in [9.17, 15) is 4.79 Å². The van der Waals surface area contributed by atoms with Crippen LogP contribution >= 0.6 is 12.2 Å². The molecule has 0 atom stereocenters. The molecule has 0 bridgehead atoms. The van der Waals surface area contributed by atoms with Crippen LogP contribution in [0.2, 0.25) is 0 Å². The number of nitrogens with zero attached hydrogens (tertiary/aromatic N) is 1. The molecule has 0 radical (unpaired) electrons. The molecule has 29 heavy (non-hydrogen) atoms. The van der Waals surface area contributed by atoms with Crippen molar-refractivity contribution in [1.29, 1.82) is 0 Å². The summed E-state index contributed by atoms with van der Waals surface area (Å²) in [5.74, 6) is 1.39. The molecule has 1 saturated heterocycles. The van der Waals surface area contributed by atoms with Gasteiger partial charge in [0.1, 0.15) is 0 Å². The molecule has 1 fully saturated rings. The van der Waals surface area contributed by atoms with Gasteiger partial charge in [0.15, 0.2) is 16.6 Å². The van der Waals surface area contributed by atoms with Gasteiger partial charge in [0.05, 0.1) is 0 Å². The molecule has 152 valence electrons. The first-order valence-electron chi connectivity index (χ1n) is 9.98. The lowest BCUT2D eigenvalue weighted by molar-refractivity contribution is -0.120. The number of nitrogens with one attached hydrogen (secondary N) is 2. The first kappa shape index (κ1) is 19.5. The van der Waals surface area contributed by atoms with Crippen molar-refractivity contribution in [2.75, 3.05) is 30.5 Å². The Bertz CT molecular complexity index is 910. The van der Waals surface area contributed by atoms with E-state index in [2.05, 4.69) is 34.6 Å². The minimum Gasteiger partial charge on any atom is -0.454 e. The van der Waals surface area contributed by atoms with Crippen LogP contribution in [0.1, 0.15) is 25.3 Å². The Labute approximate surface area is 176 Å². The number of hydrogen-bond donors (Lipinski definition) is 2. The second-order valence-electron chi connectivity index (χ2n) is 7.26. The van der Waals surface area contributed by atoms with E-state index in [0.29, 0.717) is 11.5 Å². The van der Waals surface area contributed by atoms with Crippen molar-refractivity contribution in [2.45, 2.75) is 26.2 Å². The highest BCUT2D eigenvalue weighted by Gasteiger charge is 2.26. The highest BCUT2D eigenvalue weighted by Crippen LogP contribution is 2.34. The summed E-state index contributed by atoms with van der Waals surface area (Å²) in [7, 11) is 0. The number of para-hydroxylation sites is 1. The van der Waals surface area contributed by atoms with Crippen molar-refractivity contribution in [1.82, 2.24) is 4.90 Å². The molecule has 7 heteroatoms. The summed E-state index contributed by atoms with van der Waals surface area (Å²) in [5, 5.41) is 7.09. The number of fused-ring (bicyclic) bond motifs is 1. The fourth-order valence-corrected chi connectivity index (χ4v) is 4.00.